The van der Waals surface area contributed by atoms with Crippen molar-refractivity contribution >= 4 is 25.8 Å². The molecule has 2 aromatic carbocycles. The van der Waals surface area contributed by atoms with Gasteiger partial charge in [-0.05, 0) is 42.3 Å². The van der Waals surface area contributed by atoms with Gasteiger partial charge in [-0.15, -0.1) is 0 Å². The predicted octanol–water partition coefficient (Wildman–Crippen LogP) is 2.31. The molecule has 0 aliphatic rings. The minimum atomic E-state index is -3.90. The van der Waals surface area contributed by atoms with Crippen LogP contribution in [0.4, 0.5) is 0 Å². The van der Waals surface area contributed by atoms with Crippen LogP contribution < -0.4 is 4.72 Å². The number of sulfone groups is 1. The summed E-state index contributed by atoms with van der Waals surface area (Å²) in [6, 6.07) is 11.1. The summed E-state index contributed by atoms with van der Waals surface area (Å²) in [6.07, 6.45) is 1.56. The fraction of sp³-hybridized carbons (Fsp3) is 0.278. The summed E-state index contributed by atoms with van der Waals surface area (Å²) >= 11 is 0. The molecular weight excluding hydrogens is 390 g/mol. The van der Waals surface area contributed by atoms with Gasteiger partial charge in [0.05, 0.1) is 22.5 Å². The van der Waals surface area contributed by atoms with Crippen LogP contribution in [-0.2, 0) is 24.6 Å². The van der Waals surface area contributed by atoms with E-state index in [-0.39, 0.29) is 15.4 Å². The third-order valence-corrected chi connectivity index (χ3v) is 6.58. The van der Waals surface area contributed by atoms with Crippen LogP contribution in [0.15, 0.2) is 58.3 Å². The Kier molecular flexibility index (Phi) is 6.40. The van der Waals surface area contributed by atoms with Gasteiger partial charge in [0.15, 0.2) is 9.84 Å². The molecule has 0 aliphatic carbocycles. The van der Waals surface area contributed by atoms with Crippen molar-refractivity contribution in [3.05, 3.63) is 59.7 Å². The highest BCUT2D eigenvalue weighted by molar-refractivity contribution is 7.90. The van der Waals surface area contributed by atoms with Crippen LogP contribution in [0.2, 0.25) is 0 Å². The molecule has 0 spiro atoms. The Hall–Kier alpha value is -2.23. The Bertz CT molecular complexity index is 1030. The van der Waals surface area contributed by atoms with Gasteiger partial charge < -0.3 is 4.74 Å². The van der Waals surface area contributed by atoms with Crippen LogP contribution in [0.3, 0.4) is 0 Å². The van der Waals surface area contributed by atoms with E-state index in [0.29, 0.717) is 12.0 Å². The zero-order valence-corrected chi connectivity index (χ0v) is 16.8. The van der Waals surface area contributed by atoms with Crippen molar-refractivity contribution in [3.8, 4) is 0 Å². The molecule has 1 atom stereocenters. The maximum absolute atomic E-state index is 12.7. The smallest absolute Gasteiger partial charge is 0.337 e. The van der Waals surface area contributed by atoms with Gasteiger partial charge in [0.1, 0.15) is 0 Å². The van der Waals surface area contributed by atoms with Gasteiger partial charge in [-0.3, -0.25) is 0 Å². The number of hydrogen-bond acceptors (Lipinski definition) is 6. The van der Waals surface area contributed by atoms with Crippen LogP contribution in [0, 0.1) is 0 Å². The molecule has 2 rings (SSSR count). The van der Waals surface area contributed by atoms with E-state index in [1.807, 2.05) is 6.92 Å². The van der Waals surface area contributed by atoms with Crippen molar-refractivity contribution < 1.29 is 26.4 Å². The van der Waals surface area contributed by atoms with Crippen molar-refractivity contribution in [2.45, 2.75) is 29.2 Å². The summed E-state index contributed by atoms with van der Waals surface area (Å²) in [7, 11) is -6.01. The Morgan fingerprint density at radius 3 is 2.19 bits per heavy atom. The first-order valence-electron chi connectivity index (χ1n) is 8.09. The molecule has 0 unspecified atom stereocenters. The minimum Gasteiger partial charge on any atom is -0.465 e. The van der Waals surface area contributed by atoms with E-state index < -0.39 is 31.9 Å². The number of carbonyl (C=O) groups excluding carboxylic acids is 1. The number of methoxy groups -OCH3 is 1. The van der Waals surface area contributed by atoms with Crippen LogP contribution in [0.25, 0.3) is 0 Å². The second-order valence-electron chi connectivity index (χ2n) is 5.94. The Morgan fingerprint density at radius 1 is 1.04 bits per heavy atom. The quantitative estimate of drug-likeness (QED) is 0.701. The molecule has 27 heavy (non-hydrogen) atoms. The van der Waals surface area contributed by atoms with E-state index in [0.717, 1.165) is 6.26 Å². The topological polar surface area (TPSA) is 107 Å². The van der Waals surface area contributed by atoms with E-state index in [4.69, 9.17) is 0 Å². The van der Waals surface area contributed by atoms with E-state index in [9.17, 15) is 21.6 Å². The normalized spacial score (nSPS) is 13.1. The Morgan fingerprint density at radius 2 is 1.67 bits per heavy atom. The van der Waals surface area contributed by atoms with Crippen LogP contribution >= 0.6 is 0 Å². The molecular formula is C18H21NO6S2. The number of esters is 1. The third-order valence-electron chi connectivity index (χ3n) is 3.98. The molecule has 0 aliphatic heterocycles. The summed E-state index contributed by atoms with van der Waals surface area (Å²) in [5.74, 6) is -0.629. The van der Waals surface area contributed by atoms with Crippen LogP contribution in [0.1, 0.15) is 35.3 Å². The van der Waals surface area contributed by atoms with Crippen molar-refractivity contribution in [3.63, 3.8) is 0 Å². The molecule has 1 N–H and O–H groups in total. The first-order valence-corrected chi connectivity index (χ1v) is 11.5. The van der Waals surface area contributed by atoms with Crippen LogP contribution in [0.5, 0.6) is 0 Å². The minimum absolute atomic E-state index is 0.0587. The molecule has 0 radical (unpaired) electrons. The molecule has 7 nitrogen and oxygen atoms in total. The first kappa shape index (κ1) is 21.1. The number of carbonyl (C=O) groups is 1. The van der Waals surface area contributed by atoms with Gasteiger partial charge in [-0.2, -0.15) is 0 Å². The van der Waals surface area contributed by atoms with Gasteiger partial charge in [-0.1, -0.05) is 25.1 Å². The largest absolute Gasteiger partial charge is 0.465 e. The monoisotopic (exact) mass is 411 g/mol. The van der Waals surface area contributed by atoms with E-state index >= 15 is 0 Å². The predicted molar refractivity (Wildman–Crippen MR) is 101 cm³/mol. The van der Waals surface area contributed by atoms with Crippen LogP contribution in [-0.4, -0.2) is 36.2 Å². The lowest BCUT2D eigenvalue weighted by molar-refractivity contribution is 0.0600. The zero-order chi connectivity index (χ0) is 20.2. The molecule has 0 aromatic heterocycles. The lowest BCUT2D eigenvalue weighted by Crippen LogP contribution is -2.28. The number of sulfonamides is 1. The molecule has 146 valence electrons. The van der Waals surface area contributed by atoms with Crippen molar-refractivity contribution in [2.75, 3.05) is 13.4 Å². The molecule has 0 heterocycles. The summed E-state index contributed by atoms with van der Waals surface area (Å²) in [6.45, 7) is 1.81. The number of hydrogen-bond donors (Lipinski definition) is 1. The Labute approximate surface area is 159 Å². The second kappa shape index (κ2) is 8.20. The average Bonchev–Trinajstić information content (AvgIpc) is 2.65. The highest BCUT2D eigenvalue weighted by Crippen LogP contribution is 2.22. The molecule has 0 fully saturated rings. The number of nitrogens with one attached hydrogen (secondary N) is 1. The zero-order valence-electron chi connectivity index (χ0n) is 15.2. The fourth-order valence-electron chi connectivity index (χ4n) is 2.50. The molecule has 9 heteroatoms. The van der Waals surface area contributed by atoms with E-state index in [2.05, 4.69) is 9.46 Å². The third kappa shape index (κ3) is 5.15. The lowest BCUT2D eigenvalue weighted by Gasteiger charge is -2.18. The number of ether oxygens (including phenoxy) is 1. The van der Waals surface area contributed by atoms with Gasteiger partial charge in [-0.25, -0.2) is 26.4 Å². The van der Waals surface area contributed by atoms with E-state index in [1.54, 1.807) is 12.1 Å². The van der Waals surface area contributed by atoms with Crippen molar-refractivity contribution in [1.29, 1.82) is 0 Å². The number of benzene rings is 2. The fourth-order valence-corrected chi connectivity index (χ4v) is 4.48. The highest BCUT2D eigenvalue weighted by Gasteiger charge is 2.22. The van der Waals surface area contributed by atoms with Gasteiger partial charge >= 0.3 is 5.97 Å². The molecule has 2 aromatic rings. The maximum Gasteiger partial charge on any atom is 0.337 e. The van der Waals surface area contributed by atoms with Gasteiger partial charge in [0.2, 0.25) is 10.0 Å². The van der Waals surface area contributed by atoms with Crippen molar-refractivity contribution in [1.82, 2.24) is 4.72 Å². The first-order chi connectivity index (χ1) is 12.6. The van der Waals surface area contributed by atoms with Crippen molar-refractivity contribution in [2.24, 2.45) is 0 Å². The highest BCUT2D eigenvalue weighted by atomic mass is 32.2. The van der Waals surface area contributed by atoms with Gasteiger partial charge in [0, 0.05) is 12.3 Å². The second-order valence-corrected chi connectivity index (χ2v) is 9.67. The van der Waals surface area contributed by atoms with E-state index in [1.165, 1.54) is 43.5 Å². The number of rotatable bonds is 7. The summed E-state index contributed by atoms with van der Waals surface area (Å²) in [5.41, 5.74) is 0.767. The maximum atomic E-state index is 12.7. The molecule has 0 saturated carbocycles. The SMILES string of the molecule is CC[C@@H](NS(=O)(=O)c1cccc(C(=O)OC)c1)c1ccc(S(C)(=O)=O)cc1. The summed E-state index contributed by atoms with van der Waals surface area (Å²) in [4.78, 5) is 11.7. The molecule has 0 amide bonds. The summed E-state index contributed by atoms with van der Waals surface area (Å²) < 4.78 is 55.7. The van der Waals surface area contributed by atoms with Gasteiger partial charge in [0.25, 0.3) is 0 Å². The molecule has 0 saturated heterocycles. The standard InChI is InChI=1S/C18H21NO6S2/c1-4-17(13-8-10-15(11-9-13)26(3,21)22)19-27(23,24)16-7-5-6-14(12-16)18(20)25-2/h5-12,17,19H,4H2,1-3H3/t17-/m1/s1. The Balaban J connectivity index is 2.31. The molecule has 0 bridgehead atoms. The lowest BCUT2D eigenvalue weighted by atomic mass is 10.1. The summed E-state index contributed by atoms with van der Waals surface area (Å²) in [5, 5.41) is 0. The average molecular weight is 412 g/mol.